The molecule has 0 unspecified atom stereocenters. The maximum Gasteiger partial charge on any atom is 0.228 e. The molecule has 0 aliphatic rings. The van der Waals surface area contributed by atoms with Gasteiger partial charge in [-0.3, -0.25) is 9.36 Å². The van der Waals surface area contributed by atoms with E-state index in [1.165, 1.54) is 0 Å². The number of halogens is 1. The Morgan fingerprint density at radius 3 is 2.79 bits per heavy atom. The van der Waals surface area contributed by atoms with Crippen LogP contribution in [0.5, 0.6) is 5.75 Å². The maximum atomic E-state index is 11.6. The van der Waals surface area contributed by atoms with E-state index in [9.17, 15) is 4.79 Å². The summed E-state index contributed by atoms with van der Waals surface area (Å²) in [7, 11) is 4.00. The molecule has 1 aromatic heterocycles. The molecule has 0 atom stereocenters. The van der Waals surface area contributed by atoms with Crippen LogP contribution >= 0.6 is 15.9 Å². The molecule has 19 heavy (non-hydrogen) atoms. The van der Waals surface area contributed by atoms with Gasteiger partial charge in [0.25, 0.3) is 0 Å². The number of carbonyl (C=O) groups is 1. The molecule has 1 aromatic carbocycles. The highest BCUT2D eigenvalue weighted by atomic mass is 79.9. The van der Waals surface area contributed by atoms with E-state index in [2.05, 4.69) is 20.8 Å². The summed E-state index contributed by atoms with van der Waals surface area (Å²) in [6, 6.07) is 5.81. The maximum absolute atomic E-state index is 11.6. The van der Waals surface area contributed by atoms with Gasteiger partial charge in [0, 0.05) is 23.3 Å². The Morgan fingerprint density at radius 1 is 1.42 bits per heavy atom. The summed E-state index contributed by atoms with van der Waals surface area (Å²) in [5, 5.41) is 0.948. The number of rotatable bonds is 4. The average Bonchev–Trinajstić information content (AvgIpc) is 2.67. The van der Waals surface area contributed by atoms with Crippen molar-refractivity contribution in [3.8, 4) is 5.75 Å². The highest BCUT2D eigenvalue weighted by molar-refractivity contribution is 9.10. The molecular formula is C14H17BrN2O2. The van der Waals surface area contributed by atoms with Crippen LogP contribution in [0.15, 0.2) is 28.9 Å². The van der Waals surface area contributed by atoms with E-state index < -0.39 is 0 Å². The van der Waals surface area contributed by atoms with Crippen LogP contribution in [0.3, 0.4) is 0 Å². The Morgan fingerprint density at radius 2 is 2.16 bits per heavy atom. The molecule has 0 bridgehead atoms. The monoisotopic (exact) mass is 324 g/mol. The van der Waals surface area contributed by atoms with Gasteiger partial charge in [0.2, 0.25) is 5.91 Å². The van der Waals surface area contributed by atoms with Crippen LogP contribution in [0.25, 0.3) is 10.9 Å². The molecule has 0 aliphatic heterocycles. The smallest absolute Gasteiger partial charge is 0.228 e. The fourth-order valence-corrected chi connectivity index (χ4v) is 2.25. The summed E-state index contributed by atoms with van der Waals surface area (Å²) >= 11 is 3.45. The molecule has 0 aliphatic carbocycles. The molecule has 102 valence electrons. The van der Waals surface area contributed by atoms with Gasteiger partial charge < -0.3 is 9.64 Å². The SMILES string of the molecule is CC(=O)n1cc(OCCN(C)C)c2cc(Br)ccc21. The number of benzene rings is 1. The Balaban J connectivity index is 2.37. The van der Waals surface area contributed by atoms with Crippen LogP contribution < -0.4 is 4.74 Å². The van der Waals surface area contributed by atoms with Crippen LogP contribution in [0, 0.1) is 0 Å². The molecule has 0 fully saturated rings. The molecule has 2 rings (SSSR count). The molecular weight excluding hydrogens is 308 g/mol. The number of carbonyl (C=O) groups excluding carboxylic acids is 1. The molecule has 5 heteroatoms. The molecule has 2 aromatic rings. The van der Waals surface area contributed by atoms with Crippen molar-refractivity contribution in [3.63, 3.8) is 0 Å². The van der Waals surface area contributed by atoms with E-state index in [1.807, 2.05) is 32.3 Å². The van der Waals surface area contributed by atoms with E-state index in [-0.39, 0.29) is 5.91 Å². The summed E-state index contributed by atoms with van der Waals surface area (Å²) in [5.74, 6) is 0.725. The number of aromatic nitrogens is 1. The van der Waals surface area contributed by atoms with Crippen LogP contribution in [0.4, 0.5) is 0 Å². The number of hydrogen-bond acceptors (Lipinski definition) is 3. The van der Waals surface area contributed by atoms with Crippen LogP contribution in [-0.4, -0.2) is 42.6 Å². The highest BCUT2D eigenvalue weighted by Crippen LogP contribution is 2.30. The predicted octanol–water partition coefficient (Wildman–Crippen LogP) is 3.00. The van der Waals surface area contributed by atoms with E-state index >= 15 is 0 Å². The number of likely N-dealkylation sites (N-methyl/N-ethyl adjacent to an activating group) is 1. The third-order valence-electron chi connectivity index (χ3n) is 2.87. The summed E-state index contributed by atoms with van der Waals surface area (Å²) < 4.78 is 8.37. The summed E-state index contributed by atoms with van der Waals surface area (Å²) in [6.45, 7) is 2.97. The van der Waals surface area contributed by atoms with E-state index in [1.54, 1.807) is 17.7 Å². The molecule has 0 spiro atoms. The van der Waals surface area contributed by atoms with Gasteiger partial charge in [-0.25, -0.2) is 0 Å². The zero-order valence-electron chi connectivity index (χ0n) is 11.3. The number of nitrogens with zero attached hydrogens (tertiary/aromatic N) is 2. The van der Waals surface area contributed by atoms with Crippen molar-refractivity contribution in [2.45, 2.75) is 6.92 Å². The second-order valence-corrected chi connectivity index (χ2v) is 5.61. The lowest BCUT2D eigenvalue weighted by Crippen LogP contribution is -2.19. The lowest BCUT2D eigenvalue weighted by Gasteiger charge is -2.10. The van der Waals surface area contributed by atoms with Gasteiger partial charge in [0.05, 0.1) is 11.7 Å². The summed E-state index contributed by atoms with van der Waals surface area (Å²) in [6.07, 6.45) is 1.76. The number of fused-ring (bicyclic) bond motifs is 1. The molecule has 1 heterocycles. The largest absolute Gasteiger partial charge is 0.490 e. The van der Waals surface area contributed by atoms with Gasteiger partial charge in [-0.2, -0.15) is 0 Å². The van der Waals surface area contributed by atoms with Gasteiger partial charge >= 0.3 is 0 Å². The minimum atomic E-state index is -0.0187. The number of ether oxygens (including phenoxy) is 1. The first-order valence-corrected chi connectivity index (χ1v) is 6.87. The van der Waals surface area contributed by atoms with Crippen LogP contribution in [0.1, 0.15) is 11.7 Å². The standard InChI is InChI=1S/C14H17BrN2O2/c1-10(18)17-9-14(19-7-6-16(2)3)12-8-11(15)4-5-13(12)17/h4-5,8-9H,6-7H2,1-3H3. The number of hydrogen-bond donors (Lipinski definition) is 0. The van der Waals surface area contributed by atoms with Crippen molar-refractivity contribution >= 4 is 32.7 Å². The van der Waals surface area contributed by atoms with Gasteiger partial charge in [-0.05, 0) is 32.3 Å². The van der Waals surface area contributed by atoms with Crippen molar-refractivity contribution in [2.75, 3.05) is 27.2 Å². The first-order valence-electron chi connectivity index (χ1n) is 6.08. The predicted molar refractivity (Wildman–Crippen MR) is 80.0 cm³/mol. The van der Waals surface area contributed by atoms with Crippen molar-refractivity contribution in [2.24, 2.45) is 0 Å². The molecule has 0 saturated heterocycles. The van der Waals surface area contributed by atoms with Gasteiger partial charge in [0.15, 0.2) is 0 Å². The van der Waals surface area contributed by atoms with Crippen molar-refractivity contribution in [1.29, 1.82) is 0 Å². The Bertz CT molecular complexity index is 605. The van der Waals surface area contributed by atoms with Crippen molar-refractivity contribution in [1.82, 2.24) is 9.47 Å². The molecule has 0 radical (unpaired) electrons. The summed E-state index contributed by atoms with van der Waals surface area (Å²) in [4.78, 5) is 13.7. The molecule has 4 nitrogen and oxygen atoms in total. The average molecular weight is 325 g/mol. The first-order chi connectivity index (χ1) is 8.99. The lowest BCUT2D eigenvalue weighted by atomic mass is 10.2. The Labute approximate surface area is 121 Å². The van der Waals surface area contributed by atoms with Crippen LogP contribution in [-0.2, 0) is 0 Å². The Hall–Kier alpha value is -1.33. The zero-order valence-corrected chi connectivity index (χ0v) is 12.9. The van der Waals surface area contributed by atoms with Gasteiger partial charge in [-0.1, -0.05) is 15.9 Å². The molecule has 0 saturated carbocycles. The first kappa shape index (κ1) is 14.1. The van der Waals surface area contributed by atoms with Crippen LogP contribution in [0.2, 0.25) is 0 Å². The quantitative estimate of drug-likeness (QED) is 0.867. The lowest BCUT2D eigenvalue weighted by molar-refractivity contribution is 0.0941. The second kappa shape index (κ2) is 5.75. The molecule has 0 amide bonds. The minimum Gasteiger partial charge on any atom is -0.490 e. The van der Waals surface area contributed by atoms with E-state index in [0.29, 0.717) is 6.61 Å². The van der Waals surface area contributed by atoms with Gasteiger partial charge in [-0.15, -0.1) is 0 Å². The highest BCUT2D eigenvalue weighted by Gasteiger charge is 2.12. The minimum absolute atomic E-state index is 0.0187. The zero-order chi connectivity index (χ0) is 14.0. The van der Waals surface area contributed by atoms with Crippen molar-refractivity contribution in [3.05, 3.63) is 28.9 Å². The summed E-state index contributed by atoms with van der Waals surface area (Å²) in [5.41, 5.74) is 0.871. The second-order valence-electron chi connectivity index (χ2n) is 4.70. The third kappa shape index (κ3) is 3.16. The van der Waals surface area contributed by atoms with E-state index in [0.717, 1.165) is 27.7 Å². The van der Waals surface area contributed by atoms with Crippen molar-refractivity contribution < 1.29 is 9.53 Å². The fourth-order valence-electron chi connectivity index (χ4n) is 1.89. The molecule has 0 N–H and O–H groups in total. The van der Waals surface area contributed by atoms with E-state index in [4.69, 9.17) is 4.74 Å². The fraction of sp³-hybridized carbons (Fsp3) is 0.357. The third-order valence-corrected chi connectivity index (χ3v) is 3.36. The topological polar surface area (TPSA) is 34.5 Å². The Kier molecular flexibility index (Phi) is 4.27. The van der Waals surface area contributed by atoms with Gasteiger partial charge in [0.1, 0.15) is 12.4 Å². The normalized spacial score (nSPS) is 11.2.